The number of carbonyl (C=O) groups excluding carboxylic acids is 1. The Bertz CT molecular complexity index is 706. The lowest BCUT2D eigenvalue weighted by molar-refractivity contribution is 0.104. The van der Waals surface area contributed by atoms with Gasteiger partial charge in [0.2, 0.25) is 11.1 Å². The van der Waals surface area contributed by atoms with Gasteiger partial charge in [0.25, 0.3) is 0 Å². The molecule has 0 aliphatic carbocycles. The molecule has 114 valence electrons. The average Bonchev–Trinajstić information content (AvgIpc) is 2.46. The molecule has 2 aromatic carbocycles. The van der Waals surface area contributed by atoms with Gasteiger partial charge in [0.15, 0.2) is 6.16 Å². The first-order chi connectivity index (χ1) is 10.4. The van der Waals surface area contributed by atoms with Crippen molar-refractivity contribution in [3.05, 3.63) is 63.6 Å². The molecule has 1 atom stereocenters. The van der Waals surface area contributed by atoms with Gasteiger partial charge in [-0.15, -0.1) is 0 Å². The zero-order valence-corrected chi connectivity index (χ0v) is 14.8. The molecule has 0 fully saturated rings. The van der Waals surface area contributed by atoms with Crippen molar-refractivity contribution >= 4 is 42.1 Å². The fraction of sp³-hybridized carbons (Fsp3) is 0.235. The van der Waals surface area contributed by atoms with Crippen LogP contribution in [-0.4, -0.2) is 11.9 Å². The van der Waals surface area contributed by atoms with E-state index in [4.69, 9.17) is 23.2 Å². The van der Waals surface area contributed by atoms with Gasteiger partial charge in [0.05, 0.1) is 21.2 Å². The summed E-state index contributed by atoms with van der Waals surface area (Å²) >= 11 is 12.2. The summed E-state index contributed by atoms with van der Waals surface area (Å²) in [5.41, 5.74) is 0.658. The molecule has 1 unspecified atom stereocenters. The summed E-state index contributed by atoms with van der Waals surface area (Å²) in [6.07, 6.45) is 0.538. The van der Waals surface area contributed by atoms with Crippen LogP contribution in [0.4, 0.5) is 0 Å². The summed E-state index contributed by atoms with van der Waals surface area (Å²) in [6, 6.07) is 11.9. The Kier molecular flexibility index (Phi) is 5.74. The van der Waals surface area contributed by atoms with Crippen LogP contribution in [0.2, 0.25) is 10.0 Å². The molecule has 0 aliphatic rings. The monoisotopic (exact) mass is 353 g/mol. The van der Waals surface area contributed by atoms with Crippen LogP contribution in [0.15, 0.2) is 42.5 Å². The maximum absolute atomic E-state index is 12.8. The Morgan fingerprint density at radius 3 is 2.23 bits per heavy atom. The van der Waals surface area contributed by atoms with E-state index in [-0.39, 0.29) is 17.3 Å². The molecular weight excluding hydrogens is 338 g/mol. The highest BCUT2D eigenvalue weighted by molar-refractivity contribution is 7.53. The number of ketones is 1. The van der Waals surface area contributed by atoms with Crippen molar-refractivity contribution in [1.29, 1.82) is 0 Å². The molecule has 2 nitrogen and oxygen atoms in total. The molecule has 0 amide bonds. The van der Waals surface area contributed by atoms with Crippen molar-refractivity contribution in [2.24, 2.45) is 5.92 Å². The number of carbonyl (C=O) groups is 1. The van der Waals surface area contributed by atoms with E-state index < -0.39 is 7.80 Å². The molecule has 0 N–H and O–H groups in total. The Morgan fingerprint density at radius 2 is 1.64 bits per heavy atom. The summed E-state index contributed by atoms with van der Waals surface area (Å²) in [6.45, 7) is 4.01. The van der Waals surface area contributed by atoms with E-state index in [1.807, 2.05) is 13.8 Å². The van der Waals surface area contributed by atoms with E-state index in [2.05, 4.69) is 0 Å². The third-order valence-corrected chi connectivity index (χ3v) is 5.76. The molecule has 2 aromatic rings. The second-order valence-electron chi connectivity index (χ2n) is 5.40. The van der Waals surface area contributed by atoms with E-state index >= 15 is 0 Å². The standard InChI is InChI=1S/C17H16Cl2O2P/c1-11(2)10-22(21)15-9-4-3-6-12(15)17(20)16-13(18)7-5-8-14(16)19/h3-9,11H,10H2,1-2H3/q+1. The van der Waals surface area contributed by atoms with Crippen molar-refractivity contribution in [2.45, 2.75) is 13.8 Å². The topological polar surface area (TPSA) is 34.1 Å². The van der Waals surface area contributed by atoms with Gasteiger partial charge in [-0.25, -0.2) is 0 Å². The highest BCUT2D eigenvalue weighted by Gasteiger charge is 2.29. The number of rotatable bonds is 5. The first-order valence-electron chi connectivity index (χ1n) is 6.94. The Balaban J connectivity index is 2.49. The highest BCUT2D eigenvalue weighted by Crippen LogP contribution is 2.30. The van der Waals surface area contributed by atoms with E-state index in [0.29, 0.717) is 27.1 Å². The molecule has 22 heavy (non-hydrogen) atoms. The van der Waals surface area contributed by atoms with Crippen molar-refractivity contribution in [2.75, 3.05) is 6.16 Å². The largest absolute Gasteiger partial charge is 0.377 e. The van der Waals surface area contributed by atoms with Crippen LogP contribution >= 0.6 is 31.0 Å². The second kappa shape index (κ2) is 7.37. The predicted octanol–water partition coefficient (Wildman–Crippen LogP) is 5.33. The van der Waals surface area contributed by atoms with Crippen LogP contribution in [0.5, 0.6) is 0 Å². The van der Waals surface area contributed by atoms with Gasteiger partial charge in [0.1, 0.15) is 0 Å². The maximum Gasteiger partial charge on any atom is 0.377 e. The summed E-state index contributed by atoms with van der Waals surface area (Å²) in [5.74, 6) is -0.00558. The smallest absolute Gasteiger partial charge is 0.288 e. The van der Waals surface area contributed by atoms with Crippen LogP contribution in [0, 0.1) is 5.92 Å². The molecule has 0 aliphatic heterocycles. The van der Waals surface area contributed by atoms with E-state index in [1.165, 1.54) is 0 Å². The molecule has 5 heteroatoms. The van der Waals surface area contributed by atoms with E-state index in [0.717, 1.165) is 0 Å². The van der Waals surface area contributed by atoms with Gasteiger partial charge in [-0.2, -0.15) is 0 Å². The molecule has 2 rings (SSSR count). The SMILES string of the molecule is CC(C)C[P+](=O)c1ccccc1C(=O)c1c(Cl)cccc1Cl. The maximum atomic E-state index is 12.8. The zero-order valence-electron chi connectivity index (χ0n) is 12.3. The fourth-order valence-electron chi connectivity index (χ4n) is 2.16. The normalized spacial score (nSPS) is 11.6. The van der Waals surface area contributed by atoms with Crippen LogP contribution in [0.25, 0.3) is 0 Å². The number of benzene rings is 2. The van der Waals surface area contributed by atoms with Gasteiger partial charge in [-0.05, 0) is 30.2 Å². The number of halogens is 2. The second-order valence-corrected chi connectivity index (χ2v) is 7.82. The zero-order chi connectivity index (χ0) is 16.3. The highest BCUT2D eigenvalue weighted by atomic mass is 35.5. The molecule has 0 saturated heterocycles. The quantitative estimate of drug-likeness (QED) is 0.537. The van der Waals surface area contributed by atoms with Crippen molar-refractivity contribution in [3.8, 4) is 0 Å². The summed E-state index contributed by atoms with van der Waals surface area (Å²) in [4.78, 5) is 12.8. The van der Waals surface area contributed by atoms with Gasteiger partial charge in [0, 0.05) is 0 Å². The molecule has 0 bridgehead atoms. The first kappa shape index (κ1) is 17.1. The Hall–Kier alpha value is -1.21. The van der Waals surface area contributed by atoms with Gasteiger partial charge in [-0.1, -0.05) is 59.8 Å². The van der Waals surface area contributed by atoms with Gasteiger partial charge < -0.3 is 0 Å². The molecule has 0 spiro atoms. The van der Waals surface area contributed by atoms with Crippen LogP contribution in [0.3, 0.4) is 0 Å². The minimum Gasteiger partial charge on any atom is -0.288 e. The summed E-state index contributed by atoms with van der Waals surface area (Å²) < 4.78 is 12.5. The Labute approximate surface area is 141 Å². The Morgan fingerprint density at radius 1 is 1.05 bits per heavy atom. The number of hydrogen-bond donors (Lipinski definition) is 0. The lowest BCUT2D eigenvalue weighted by Crippen LogP contribution is -2.15. The summed E-state index contributed by atoms with van der Waals surface area (Å²) in [5, 5.41) is 1.16. The lowest BCUT2D eigenvalue weighted by atomic mass is 10.0. The molecule has 0 radical (unpaired) electrons. The number of hydrogen-bond acceptors (Lipinski definition) is 2. The fourth-order valence-corrected chi connectivity index (χ4v) is 4.29. The van der Waals surface area contributed by atoms with Gasteiger partial charge >= 0.3 is 7.80 Å². The molecule has 0 aromatic heterocycles. The van der Waals surface area contributed by atoms with Crippen molar-refractivity contribution in [1.82, 2.24) is 0 Å². The first-order valence-corrected chi connectivity index (χ1v) is 9.14. The minimum atomic E-state index is -1.64. The minimum absolute atomic E-state index is 0.256. The average molecular weight is 354 g/mol. The van der Waals surface area contributed by atoms with Crippen LogP contribution < -0.4 is 5.30 Å². The van der Waals surface area contributed by atoms with Gasteiger partial charge in [-0.3, -0.25) is 4.79 Å². The third kappa shape index (κ3) is 3.76. The third-order valence-electron chi connectivity index (χ3n) is 3.14. The van der Waals surface area contributed by atoms with Crippen LogP contribution in [-0.2, 0) is 4.57 Å². The summed E-state index contributed by atoms with van der Waals surface area (Å²) in [7, 11) is -1.64. The molecule has 0 heterocycles. The lowest BCUT2D eigenvalue weighted by Gasteiger charge is -2.06. The van der Waals surface area contributed by atoms with E-state index in [9.17, 15) is 9.36 Å². The van der Waals surface area contributed by atoms with Crippen molar-refractivity contribution in [3.63, 3.8) is 0 Å². The van der Waals surface area contributed by atoms with Crippen LogP contribution in [0.1, 0.15) is 29.8 Å². The predicted molar refractivity (Wildman–Crippen MR) is 93.3 cm³/mol. The molecule has 0 saturated carbocycles. The van der Waals surface area contributed by atoms with E-state index in [1.54, 1.807) is 42.5 Å². The molecular formula is C17H16Cl2O2P+. The van der Waals surface area contributed by atoms with Crippen molar-refractivity contribution < 1.29 is 9.36 Å².